The van der Waals surface area contributed by atoms with Crippen LogP contribution in [0.15, 0.2) is 55.0 Å². The number of aromatic nitrogens is 3. The lowest BCUT2D eigenvalue weighted by atomic mass is 9.91. The zero-order chi connectivity index (χ0) is 21.1. The van der Waals surface area contributed by atoms with Crippen LogP contribution in [0.3, 0.4) is 0 Å². The second kappa shape index (κ2) is 8.20. The standard InChI is InChI=1S/C23H26N6O/c1-23(25)9-5-11-29(15-23)19-8-10-26-13-17(19)12-20(30)21-18(24)14-27-22(28-21)16-6-3-2-4-7-16/h2-4,6-8,10,13-14H,5,9,11-12,15,24-25H2,1H3. The SMILES string of the molecule is CC1(N)CCCN(c2ccncc2CC(=O)c2nc(-c3ccccc3)ncc2N)C1. The first kappa shape index (κ1) is 20.0. The van der Waals surface area contributed by atoms with Gasteiger partial charge < -0.3 is 16.4 Å². The molecule has 2 aromatic heterocycles. The summed E-state index contributed by atoms with van der Waals surface area (Å²) in [6.45, 7) is 3.72. The molecule has 154 valence electrons. The molecule has 7 nitrogen and oxygen atoms in total. The van der Waals surface area contributed by atoms with Gasteiger partial charge >= 0.3 is 0 Å². The number of carbonyl (C=O) groups is 1. The fraction of sp³-hybridized carbons (Fsp3) is 0.304. The Morgan fingerprint density at radius 3 is 2.77 bits per heavy atom. The number of benzene rings is 1. The van der Waals surface area contributed by atoms with Gasteiger partial charge in [0.25, 0.3) is 0 Å². The summed E-state index contributed by atoms with van der Waals surface area (Å²) in [4.78, 5) is 28.4. The zero-order valence-electron chi connectivity index (χ0n) is 17.1. The van der Waals surface area contributed by atoms with Gasteiger partial charge in [0.05, 0.1) is 11.9 Å². The fourth-order valence-electron chi connectivity index (χ4n) is 3.94. The van der Waals surface area contributed by atoms with E-state index in [0.717, 1.165) is 42.7 Å². The number of nitrogens with two attached hydrogens (primary N) is 2. The van der Waals surface area contributed by atoms with Crippen molar-refractivity contribution in [3.05, 3.63) is 66.2 Å². The molecule has 0 spiro atoms. The molecule has 1 aromatic carbocycles. The van der Waals surface area contributed by atoms with E-state index >= 15 is 0 Å². The summed E-state index contributed by atoms with van der Waals surface area (Å²) in [5.74, 6) is 0.323. The van der Waals surface area contributed by atoms with Crippen LogP contribution in [-0.2, 0) is 6.42 Å². The molecular weight excluding hydrogens is 376 g/mol. The molecule has 1 aliphatic heterocycles. The topological polar surface area (TPSA) is 111 Å². The molecule has 0 aliphatic carbocycles. The van der Waals surface area contributed by atoms with E-state index in [1.54, 1.807) is 12.4 Å². The van der Waals surface area contributed by atoms with Crippen molar-refractivity contribution in [1.29, 1.82) is 0 Å². The largest absolute Gasteiger partial charge is 0.396 e. The predicted octanol–water partition coefficient (Wildman–Crippen LogP) is 2.86. The zero-order valence-corrected chi connectivity index (χ0v) is 17.1. The second-order valence-electron chi connectivity index (χ2n) is 8.15. The summed E-state index contributed by atoms with van der Waals surface area (Å²) >= 11 is 0. The molecule has 1 atom stereocenters. The Labute approximate surface area is 176 Å². The minimum atomic E-state index is -0.246. The number of nitrogens with zero attached hydrogens (tertiary/aromatic N) is 4. The first-order chi connectivity index (χ1) is 14.4. The molecule has 0 bridgehead atoms. The van der Waals surface area contributed by atoms with E-state index in [2.05, 4.69) is 26.8 Å². The highest BCUT2D eigenvalue weighted by Crippen LogP contribution is 2.28. The van der Waals surface area contributed by atoms with Crippen LogP contribution in [-0.4, -0.2) is 39.4 Å². The Kier molecular flexibility index (Phi) is 5.46. The number of hydrogen-bond acceptors (Lipinski definition) is 7. The van der Waals surface area contributed by atoms with E-state index in [4.69, 9.17) is 11.5 Å². The highest BCUT2D eigenvalue weighted by atomic mass is 16.1. The maximum absolute atomic E-state index is 13.1. The molecule has 4 N–H and O–H groups in total. The third-order valence-corrected chi connectivity index (χ3v) is 5.41. The normalized spacial score (nSPS) is 18.9. The Bertz CT molecular complexity index is 1050. The first-order valence-corrected chi connectivity index (χ1v) is 10.1. The maximum atomic E-state index is 13.1. The summed E-state index contributed by atoms with van der Waals surface area (Å²) in [7, 11) is 0. The van der Waals surface area contributed by atoms with Gasteiger partial charge in [0.2, 0.25) is 0 Å². The van der Waals surface area contributed by atoms with Gasteiger partial charge in [-0.1, -0.05) is 30.3 Å². The number of ketones is 1. The number of piperidine rings is 1. The molecule has 7 heteroatoms. The van der Waals surface area contributed by atoms with Crippen molar-refractivity contribution < 1.29 is 4.79 Å². The van der Waals surface area contributed by atoms with Gasteiger partial charge in [0, 0.05) is 54.3 Å². The van der Waals surface area contributed by atoms with Crippen LogP contribution in [0, 0.1) is 0 Å². The lowest BCUT2D eigenvalue weighted by molar-refractivity contribution is 0.0989. The fourth-order valence-corrected chi connectivity index (χ4v) is 3.94. The highest BCUT2D eigenvalue weighted by Gasteiger charge is 2.28. The van der Waals surface area contributed by atoms with Crippen molar-refractivity contribution in [3.63, 3.8) is 0 Å². The minimum absolute atomic E-state index is 0.158. The van der Waals surface area contributed by atoms with Crippen LogP contribution >= 0.6 is 0 Å². The summed E-state index contributed by atoms with van der Waals surface area (Å²) in [5.41, 5.74) is 15.4. The van der Waals surface area contributed by atoms with Crippen molar-refractivity contribution >= 4 is 17.2 Å². The lowest BCUT2D eigenvalue weighted by Crippen LogP contribution is -2.52. The van der Waals surface area contributed by atoms with Crippen LogP contribution in [0.5, 0.6) is 0 Å². The van der Waals surface area contributed by atoms with Crippen molar-refractivity contribution in [1.82, 2.24) is 15.0 Å². The second-order valence-corrected chi connectivity index (χ2v) is 8.15. The number of nitrogen functional groups attached to an aromatic ring is 1. The average Bonchev–Trinajstić information content (AvgIpc) is 2.74. The summed E-state index contributed by atoms with van der Waals surface area (Å²) in [6.07, 6.45) is 7.15. The van der Waals surface area contributed by atoms with Gasteiger partial charge in [0.15, 0.2) is 11.6 Å². The number of Topliss-reactive ketones (excluding diaryl/α,β-unsaturated/α-hetero) is 1. The average molecular weight is 403 g/mol. The van der Waals surface area contributed by atoms with Crippen LogP contribution in [0.2, 0.25) is 0 Å². The molecule has 1 fully saturated rings. The van der Waals surface area contributed by atoms with Crippen LogP contribution in [0.25, 0.3) is 11.4 Å². The molecule has 0 saturated carbocycles. The Balaban J connectivity index is 1.61. The summed E-state index contributed by atoms with van der Waals surface area (Å²) < 4.78 is 0. The summed E-state index contributed by atoms with van der Waals surface area (Å²) in [6, 6.07) is 11.5. The number of hydrogen-bond donors (Lipinski definition) is 2. The van der Waals surface area contributed by atoms with Crippen molar-refractivity contribution in [3.8, 4) is 11.4 Å². The maximum Gasteiger partial charge on any atom is 0.187 e. The smallest absolute Gasteiger partial charge is 0.187 e. The quantitative estimate of drug-likeness (QED) is 0.631. The van der Waals surface area contributed by atoms with Crippen molar-refractivity contribution in [2.75, 3.05) is 23.7 Å². The van der Waals surface area contributed by atoms with Gasteiger partial charge in [-0.2, -0.15) is 0 Å². The highest BCUT2D eigenvalue weighted by molar-refractivity contribution is 6.00. The Hall–Kier alpha value is -3.32. The molecule has 1 aliphatic rings. The molecule has 30 heavy (non-hydrogen) atoms. The van der Waals surface area contributed by atoms with Gasteiger partial charge in [0.1, 0.15) is 5.69 Å². The van der Waals surface area contributed by atoms with E-state index < -0.39 is 0 Å². The molecule has 3 heterocycles. The van der Waals surface area contributed by atoms with Crippen LogP contribution in [0.4, 0.5) is 11.4 Å². The third kappa shape index (κ3) is 4.31. The van der Waals surface area contributed by atoms with Gasteiger partial charge in [-0.25, -0.2) is 9.97 Å². The van der Waals surface area contributed by atoms with Gasteiger partial charge in [-0.15, -0.1) is 0 Å². The van der Waals surface area contributed by atoms with Gasteiger partial charge in [-0.05, 0) is 25.8 Å². The molecule has 0 radical (unpaired) electrons. The Morgan fingerprint density at radius 1 is 1.20 bits per heavy atom. The number of anilines is 2. The van der Waals surface area contributed by atoms with Gasteiger partial charge in [-0.3, -0.25) is 9.78 Å². The molecule has 3 aromatic rings. The van der Waals surface area contributed by atoms with Crippen molar-refractivity contribution in [2.45, 2.75) is 31.7 Å². The van der Waals surface area contributed by atoms with Crippen LogP contribution < -0.4 is 16.4 Å². The lowest BCUT2D eigenvalue weighted by Gasteiger charge is -2.39. The van der Waals surface area contributed by atoms with E-state index in [9.17, 15) is 4.79 Å². The first-order valence-electron chi connectivity index (χ1n) is 10.1. The molecule has 0 amide bonds. The van der Waals surface area contributed by atoms with E-state index in [0.29, 0.717) is 5.82 Å². The number of carbonyl (C=O) groups excluding carboxylic acids is 1. The monoisotopic (exact) mass is 402 g/mol. The van der Waals surface area contributed by atoms with Crippen LogP contribution in [0.1, 0.15) is 35.8 Å². The number of rotatable bonds is 5. The van der Waals surface area contributed by atoms with Crippen molar-refractivity contribution in [2.24, 2.45) is 5.73 Å². The third-order valence-electron chi connectivity index (χ3n) is 5.41. The molecular formula is C23H26N6O. The molecule has 1 unspecified atom stereocenters. The summed E-state index contributed by atoms with van der Waals surface area (Å²) in [5, 5.41) is 0. The van der Waals surface area contributed by atoms with E-state index in [1.807, 2.05) is 36.4 Å². The van der Waals surface area contributed by atoms with E-state index in [1.165, 1.54) is 6.20 Å². The number of pyridine rings is 1. The van der Waals surface area contributed by atoms with E-state index in [-0.39, 0.29) is 29.1 Å². The molecule has 1 saturated heterocycles. The Morgan fingerprint density at radius 2 is 2.00 bits per heavy atom. The minimum Gasteiger partial charge on any atom is -0.396 e. The molecule has 4 rings (SSSR count). The predicted molar refractivity (Wildman–Crippen MR) is 118 cm³/mol.